The lowest BCUT2D eigenvalue weighted by atomic mass is 10.2. The van der Waals surface area contributed by atoms with Crippen LogP contribution < -0.4 is 0 Å². The molecule has 2 aliphatic rings. The van der Waals surface area contributed by atoms with Crippen molar-refractivity contribution < 1.29 is 31.4 Å². The Morgan fingerprint density at radius 1 is 1.19 bits per heavy atom. The van der Waals surface area contributed by atoms with Gasteiger partial charge in [-0.25, -0.2) is 9.37 Å². The molecule has 122 valence electrons. The quantitative estimate of drug-likeness (QED) is 0.424. The van der Waals surface area contributed by atoms with Crippen LogP contribution in [0.15, 0.2) is 0 Å². The van der Waals surface area contributed by atoms with Crippen LogP contribution in [0.1, 0.15) is 32.6 Å². The van der Waals surface area contributed by atoms with Gasteiger partial charge in [-0.2, -0.15) is 0 Å². The molecule has 2 fully saturated rings. The highest BCUT2D eigenvalue weighted by Crippen LogP contribution is 2.15. The number of nitrogens with zero attached hydrogens (tertiary/aromatic N) is 2. The molecule has 2 rings (SSSR count). The normalized spacial score (nSPS) is 19.2. The van der Waals surface area contributed by atoms with Gasteiger partial charge in [0.25, 0.3) is 0 Å². The van der Waals surface area contributed by atoms with Crippen LogP contribution in [-0.4, -0.2) is 61.3 Å². The van der Waals surface area contributed by atoms with Crippen molar-refractivity contribution in [2.45, 2.75) is 32.6 Å². The summed E-state index contributed by atoms with van der Waals surface area (Å²) in [5.41, 5.74) is 1.60. The molecule has 1 saturated heterocycles. The second-order valence-electron chi connectivity index (χ2n) is 4.94. The molecular formula is C12H21BF4N2O2. The van der Waals surface area contributed by atoms with Gasteiger partial charge in [0.15, 0.2) is 18.8 Å². The molecule has 0 aromatic carbocycles. The average molecular weight is 312 g/mol. The first-order chi connectivity index (χ1) is 9.81. The number of hydrogen-bond acceptors (Lipinski definition) is 2. The molecule has 0 aromatic rings. The van der Waals surface area contributed by atoms with E-state index in [9.17, 15) is 22.1 Å². The van der Waals surface area contributed by atoms with Gasteiger partial charge in [0, 0.05) is 12.8 Å². The maximum atomic E-state index is 11.5. The third-order valence-corrected chi connectivity index (χ3v) is 3.43. The van der Waals surface area contributed by atoms with E-state index in [-0.39, 0.29) is 6.09 Å². The third kappa shape index (κ3) is 7.33. The molecule has 0 radical (unpaired) electrons. The second kappa shape index (κ2) is 8.24. The smallest absolute Gasteiger partial charge is 0.450 e. The number of rotatable bonds is 1. The summed E-state index contributed by atoms with van der Waals surface area (Å²) < 4.78 is 46.5. The Bertz CT molecular complexity index is 364. The lowest BCUT2D eigenvalue weighted by Crippen LogP contribution is -2.46. The molecule has 0 bridgehead atoms. The molecule has 21 heavy (non-hydrogen) atoms. The third-order valence-electron chi connectivity index (χ3n) is 3.43. The lowest BCUT2D eigenvalue weighted by molar-refractivity contribution is -0.539. The highest BCUT2D eigenvalue weighted by Gasteiger charge is 2.27. The van der Waals surface area contributed by atoms with Crippen molar-refractivity contribution in [1.29, 1.82) is 0 Å². The van der Waals surface area contributed by atoms with Crippen molar-refractivity contribution in [2.24, 2.45) is 0 Å². The first-order valence-corrected chi connectivity index (χ1v) is 7.20. The molecule has 1 heterocycles. The number of amides is 1. The summed E-state index contributed by atoms with van der Waals surface area (Å²) in [5.74, 6) is 0. The van der Waals surface area contributed by atoms with E-state index in [0.717, 1.165) is 26.2 Å². The monoisotopic (exact) mass is 312 g/mol. The van der Waals surface area contributed by atoms with Crippen molar-refractivity contribution >= 4 is 19.1 Å². The number of hydrogen-bond donors (Lipinski definition) is 0. The minimum absolute atomic E-state index is 0.154. The van der Waals surface area contributed by atoms with Crippen molar-refractivity contribution in [3.8, 4) is 0 Å². The molecule has 0 aromatic heterocycles. The van der Waals surface area contributed by atoms with Gasteiger partial charge in [0.2, 0.25) is 0 Å². The maximum absolute atomic E-state index is 11.5. The van der Waals surface area contributed by atoms with Crippen molar-refractivity contribution in [3.05, 3.63) is 0 Å². The molecule has 4 nitrogen and oxygen atoms in total. The molecule has 1 saturated carbocycles. The topological polar surface area (TPSA) is 32.5 Å². The Morgan fingerprint density at radius 2 is 1.67 bits per heavy atom. The molecule has 1 amide bonds. The van der Waals surface area contributed by atoms with Gasteiger partial charge in [-0.05, 0) is 19.8 Å². The van der Waals surface area contributed by atoms with Crippen LogP contribution in [-0.2, 0) is 4.74 Å². The summed E-state index contributed by atoms with van der Waals surface area (Å²) in [7, 11) is -6.00. The van der Waals surface area contributed by atoms with Crippen molar-refractivity contribution in [1.82, 2.24) is 4.90 Å². The summed E-state index contributed by atoms with van der Waals surface area (Å²) in [5, 5.41) is 0. The van der Waals surface area contributed by atoms with Gasteiger partial charge >= 0.3 is 13.3 Å². The number of carbonyl (C=O) groups excluding carboxylic acids is 1. The molecule has 0 spiro atoms. The number of piperazine rings is 1. The zero-order chi connectivity index (χ0) is 15.9. The standard InChI is InChI=1S/C12H21N2O2.BF4/c1-2-16-12(15)14-9-7-13(8-10-14)11-5-3-4-6-11;2-1(3,4)5/h2-10H2,1H3;/q+1;-1. The van der Waals surface area contributed by atoms with E-state index in [4.69, 9.17) is 4.74 Å². The van der Waals surface area contributed by atoms with E-state index in [1.54, 1.807) is 5.71 Å². The fourth-order valence-corrected chi connectivity index (χ4v) is 2.52. The second-order valence-corrected chi connectivity index (χ2v) is 4.94. The van der Waals surface area contributed by atoms with Crippen LogP contribution in [0.3, 0.4) is 0 Å². The number of ether oxygens (including phenoxy) is 1. The fraction of sp³-hybridized carbons (Fsp3) is 0.833. The zero-order valence-electron chi connectivity index (χ0n) is 12.2. The van der Waals surface area contributed by atoms with Crippen LogP contribution >= 0.6 is 0 Å². The van der Waals surface area contributed by atoms with Crippen LogP contribution in [0.2, 0.25) is 0 Å². The Balaban J connectivity index is 0.000000383. The van der Waals surface area contributed by atoms with Gasteiger partial charge in [-0.15, -0.1) is 0 Å². The van der Waals surface area contributed by atoms with E-state index < -0.39 is 7.25 Å². The number of halogens is 4. The molecule has 0 N–H and O–H groups in total. The Hall–Kier alpha value is -1.28. The van der Waals surface area contributed by atoms with Gasteiger partial charge in [0.1, 0.15) is 0 Å². The highest BCUT2D eigenvalue weighted by atomic mass is 19.5. The maximum Gasteiger partial charge on any atom is 0.673 e. The van der Waals surface area contributed by atoms with Crippen molar-refractivity contribution in [3.63, 3.8) is 0 Å². The van der Waals surface area contributed by atoms with E-state index >= 15 is 0 Å². The summed E-state index contributed by atoms with van der Waals surface area (Å²) in [6, 6.07) is 0. The minimum Gasteiger partial charge on any atom is -0.450 e. The van der Waals surface area contributed by atoms with Gasteiger partial charge in [-0.1, -0.05) is 0 Å². The van der Waals surface area contributed by atoms with Crippen molar-refractivity contribution in [2.75, 3.05) is 32.8 Å². The van der Waals surface area contributed by atoms with E-state index in [2.05, 4.69) is 4.58 Å². The summed E-state index contributed by atoms with van der Waals surface area (Å²) >= 11 is 0. The van der Waals surface area contributed by atoms with E-state index in [1.165, 1.54) is 25.7 Å². The minimum atomic E-state index is -6.00. The highest BCUT2D eigenvalue weighted by molar-refractivity contribution is 6.50. The predicted molar refractivity (Wildman–Crippen MR) is 72.3 cm³/mol. The number of carbonyl (C=O) groups is 1. The van der Waals surface area contributed by atoms with Crippen LogP contribution in [0.4, 0.5) is 22.1 Å². The van der Waals surface area contributed by atoms with E-state index in [1.807, 2.05) is 11.8 Å². The predicted octanol–water partition coefficient (Wildman–Crippen LogP) is 2.79. The first-order valence-electron chi connectivity index (χ1n) is 7.20. The summed E-state index contributed by atoms with van der Waals surface area (Å²) in [6.07, 6.45) is 5.05. The SMILES string of the molecule is CCOC(=O)N1CC[N+](=C2CCCC2)CC1.F[B-](F)(F)F. The summed E-state index contributed by atoms with van der Waals surface area (Å²) in [4.78, 5) is 13.3. The largest absolute Gasteiger partial charge is 0.673 e. The Labute approximate surface area is 121 Å². The molecule has 0 unspecified atom stereocenters. The Kier molecular flexibility index (Phi) is 6.97. The molecule has 1 aliphatic heterocycles. The van der Waals surface area contributed by atoms with Gasteiger partial charge in [0.05, 0.1) is 19.7 Å². The summed E-state index contributed by atoms with van der Waals surface area (Å²) in [6.45, 7) is 5.89. The Morgan fingerprint density at radius 3 is 2.10 bits per heavy atom. The van der Waals surface area contributed by atoms with E-state index in [0.29, 0.717) is 6.61 Å². The van der Waals surface area contributed by atoms with Crippen LogP contribution in [0, 0.1) is 0 Å². The molecule has 0 atom stereocenters. The first kappa shape index (κ1) is 17.8. The van der Waals surface area contributed by atoms with Gasteiger partial charge in [-0.3, -0.25) is 4.90 Å². The zero-order valence-corrected chi connectivity index (χ0v) is 12.2. The van der Waals surface area contributed by atoms with Gasteiger partial charge < -0.3 is 22.0 Å². The average Bonchev–Trinajstić information content (AvgIpc) is 2.91. The fourth-order valence-electron chi connectivity index (χ4n) is 2.52. The molecule has 1 aliphatic carbocycles. The van der Waals surface area contributed by atoms with Crippen LogP contribution in [0.25, 0.3) is 0 Å². The van der Waals surface area contributed by atoms with Crippen LogP contribution in [0.5, 0.6) is 0 Å². The molecular weight excluding hydrogens is 291 g/mol. The molecule has 9 heteroatoms. The lowest BCUT2D eigenvalue weighted by Gasteiger charge is -2.25.